The van der Waals surface area contributed by atoms with Crippen molar-refractivity contribution in [2.75, 3.05) is 25.4 Å². The minimum atomic E-state index is -0.0308. The highest BCUT2D eigenvalue weighted by Gasteiger charge is 2.30. The summed E-state index contributed by atoms with van der Waals surface area (Å²) in [6.45, 7) is 11.7. The number of aryl methyl sites for hydroxylation is 1. The number of hydrogen-bond acceptors (Lipinski definition) is 5. The molecule has 1 N–H and O–H groups in total. The molecule has 28 heavy (non-hydrogen) atoms. The number of carbonyl (C=O) groups is 1. The summed E-state index contributed by atoms with van der Waals surface area (Å²) in [4.78, 5) is 14.9. The predicted octanol–water partition coefficient (Wildman–Crippen LogP) is 3.29. The first kappa shape index (κ1) is 20.9. The summed E-state index contributed by atoms with van der Waals surface area (Å²) in [6, 6.07) is 8.18. The summed E-state index contributed by atoms with van der Waals surface area (Å²) < 4.78 is 1.91. The van der Waals surface area contributed by atoms with Gasteiger partial charge in [0.15, 0.2) is 5.16 Å². The van der Waals surface area contributed by atoms with Gasteiger partial charge in [-0.25, -0.2) is 0 Å². The van der Waals surface area contributed by atoms with Gasteiger partial charge >= 0.3 is 0 Å². The van der Waals surface area contributed by atoms with Crippen LogP contribution < -0.4 is 5.32 Å². The van der Waals surface area contributed by atoms with Gasteiger partial charge in [0.1, 0.15) is 6.33 Å². The fourth-order valence-electron chi connectivity index (χ4n) is 3.55. The molecule has 1 saturated heterocycles. The van der Waals surface area contributed by atoms with Crippen molar-refractivity contribution in [3.63, 3.8) is 0 Å². The Morgan fingerprint density at radius 1 is 1.32 bits per heavy atom. The van der Waals surface area contributed by atoms with E-state index in [1.54, 1.807) is 6.33 Å². The van der Waals surface area contributed by atoms with Gasteiger partial charge in [-0.05, 0) is 58.2 Å². The predicted molar refractivity (Wildman–Crippen MR) is 114 cm³/mol. The van der Waals surface area contributed by atoms with E-state index < -0.39 is 0 Å². The number of thioether (sulfide) groups is 1. The van der Waals surface area contributed by atoms with E-state index in [0.29, 0.717) is 12.3 Å². The summed E-state index contributed by atoms with van der Waals surface area (Å²) in [6.07, 6.45) is 4.23. The Bertz CT molecular complexity index is 786. The molecule has 1 aromatic carbocycles. The van der Waals surface area contributed by atoms with Crippen LogP contribution in [0.25, 0.3) is 5.69 Å². The topological polar surface area (TPSA) is 63.1 Å². The Balaban J connectivity index is 1.51. The normalized spacial score (nSPS) is 18.2. The molecule has 152 valence electrons. The summed E-state index contributed by atoms with van der Waals surface area (Å²) in [5, 5.41) is 12.0. The van der Waals surface area contributed by atoms with E-state index in [0.717, 1.165) is 29.9 Å². The number of carbonyl (C=O) groups excluding carboxylic acids is 1. The zero-order valence-electron chi connectivity index (χ0n) is 17.3. The zero-order chi connectivity index (χ0) is 20.1. The van der Waals surface area contributed by atoms with Gasteiger partial charge < -0.3 is 5.32 Å². The van der Waals surface area contributed by atoms with Gasteiger partial charge in [-0.15, -0.1) is 10.2 Å². The van der Waals surface area contributed by atoms with Gasteiger partial charge in [0.2, 0.25) is 5.91 Å². The van der Waals surface area contributed by atoms with Gasteiger partial charge in [-0.2, -0.15) is 0 Å². The standard InChI is InChI=1S/C21H31N5OS/c1-16-7-9-18(10-8-16)26-15-23-24-20(26)28-13-19(27)22-14-21(3,4)25-11-5-6-17(2)12-25/h7-10,15,17H,5-6,11-14H2,1-4H3,(H,22,27). The van der Waals surface area contributed by atoms with Crippen LogP contribution in [0.4, 0.5) is 0 Å². The molecule has 1 aromatic heterocycles. The lowest BCUT2D eigenvalue weighted by molar-refractivity contribution is -0.119. The third-order valence-electron chi connectivity index (χ3n) is 5.39. The van der Waals surface area contributed by atoms with Crippen molar-refractivity contribution in [2.45, 2.75) is 51.2 Å². The van der Waals surface area contributed by atoms with Crippen LogP contribution in [-0.4, -0.2) is 56.5 Å². The highest BCUT2D eigenvalue weighted by Crippen LogP contribution is 2.24. The molecule has 1 amide bonds. The number of amides is 1. The summed E-state index contributed by atoms with van der Waals surface area (Å²) in [5.41, 5.74) is 2.17. The van der Waals surface area contributed by atoms with Crippen LogP contribution in [-0.2, 0) is 4.79 Å². The van der Waals surface area contributed by atoms with Crippen molar-refractivity contribution < 1.29 is 4.79 Å². The molecule has 0 bridgehead atoms. The first-order valence-electron chi connectivity index (χ1n) is 9.97. The van der Waals surface area contributed by atoms with Crippen molar-refractivity contribution in [2.24, 2.45) is 5.92 Å². The largest absolute Gasteiger partial charge is 0.354 e. The third-order valence-corrected chi connectivity index (χ3v) is 6.34. The van der Waals surface area contributed by atoms with Crippen molar-refractivity contribution >= 4 is 17.7 Å². The molecule has 0 spiro atoms. The lowest BCUT2D eigenvalue weighted by atomic mass is 9.93. The smallest absolute Gasteiger partial charge is 0.230 e. The second-order valence-electron chi connectivity index (χ2n) is 8.39. The van der Waals surface area contributed by atoms with Crippen LogP contribution in [0.1, 0.15) is 39.2 Å². The molecule has 6 nitrogen and oxygen atoms in total. The Hall–Kier alpha value is -1.86. The van der Waals surface area contributed by atoms with Crippen LogP contribution in [0, 0.1) is 12.8 Å². The van der Waals surface area contributed by atoms with E-state index in [4.69, 9.17) is 0 Å². The molecule has 1 aliphatic heterocycles. The minimum absolute atomic E-state index is 0.0292. The number of hydrogen-bond donors (Lipinski definition) is 1. The molecule has 3 rings (SSSR count). The van der Waals surface area contributed by atoms with Gasteiger partial charge in [0.05, 0.1) is 5.75 Å². The van der Waals surface area contributed by atoms with Gasteiger partial charge in [-0.3, -0.25) is 14.3 Å². The van der Waals surface area contributed by atoms with Crippen LogP contribution in [0.5, 0.6) is 0 Å². The Labute approximate surface area is 172 Å². The second-order valence-corrected chi connectivity index (χ2v) is 9.33. The second kappa shape index (κ2) is 9.09. The minimum Gasteiger partial charge on any atom is -0.354 e. The van der Waals surface area contributed by atoms with Crippen molar-refractivity contribution in [1.29, 1.82) is 0 Å². The number of rotatable bonds is 7. The van der Waals surface area contributed by atoms with Crippen LogP contribution in [0.15, 0.2) is 35.7 Å². The maximum atomic E-state index is 12.4. The van der Waals surface area contributed by atoms with E-state index in [1.807, 2.05) is 16.7 Å². The van der Waals surface area contributed by atoms with Crippen molar-refractivity contribution in [1.82, 2.24) is 25.0 Å². The average molecular weight is 402 g/mol. The van der Waals surface area contributed by atoms with Crippen LogP contribution in [0.3, 0.4) is 0 Å². The molecule has 1 aliphatic rings. The van der Waals surface area contributed by atoms with E-state index in [1.165, 1.54) is 30.2 Å². The number of aromatic nitrogens is 3. The van der Waals surface area contributed by atoms with E-state index in [-0.39, 0.29) is 11.4 Å². The fourth-order valence-corrected chi connectivity index (χ4v) is 4.31. The molecule has 0 aliphatic carbocycles. The first-order valence-corrected chi connectivity index (χ1v) is 11.0. The monoisotopic (exact) mass is 401 g/mol. The number of benzene rings is 1. The summed E-state index contributed by atoms with van der Waals surface area (Å²) in [7, 11) is 0. The van der Waals surface area contributed by atoms with E-state index in [2.05, 4.69) is 60.2 Å². The van der Waals surface area contributed by atoms with Gasteiger partial charge in [0, 0.05) is 24.3 Å². The lowest BCUT2D eigenvalue weighted by Crippen LogP contribution is -2.54. The fraction of sp³-hybridized carbons (Fsp3) is 0.571. The average Bonchev–Trinajstić information content (AvgIpc) is 3.14. The van der Waals surface area contributed by atoms with Gasteiger partial charge in [-0.1, -0.05) is 36.4 Å². The molecule has 2 aromatic rings. The van der Waals surface area contributed by atoms with E-state index in [9.17, 15) is 4.79 Å². The molecule has 1 atom stereocenters. The lowest BCUT2D eigenvalue weighted by Gasteiger charge is -2.43. The van der Waals surface area contributed by atoms with Crippen molar-refractivity contribution in [3.8, 4) is 5.69 Å². The number of piperidine rings is 1. The molecular weight excluding hydrogens is 370 g/mol. The van der Waals surface area contributed by atoms with Gasteiger partial charge in [0.25, 0.3) is 0 Å². The number of nitrogens with zero attached hydrogens (tertiary/aromatic N) is 4. The molecule has 1 unspecified atom stereocenters. The first-order chi connectivity index (χ1) is 13.3. The quantitative estimate of drug-likeness (QED) is 0.721. The number of nitrogens with one attached hydrogen (secondary N) is 1. The molecule has 2 heterocycles. The maximum Gasteiger partial charge on any atom is 0.230 e. The van der Waals surface area contributed by atoms with Crippen LogP contribution >= 0.6 is 11.8 Å². The molecule has 1 fully saturated rings. The molecule has 0 radical (unpaired) electrons. The zero-order valence-corrected chi connectivity index (χ0v) is 18.1. The Morgan fingerprint density at radius 2 is 2.07 bits per heavy atom. The SMILES string of the molecule is Cc1ccc(-n2cnnc2SCC(=O)NCC(C)(C)N2CCCC(C)C2)cc1. The Morgan fingerprint density at radius 3 is 2.79 bits per heavy atom. The number of likely N-dealkylation sites (tertiary alicyclic amines) is 1. The molecule has 0 saturated carbocycles. The van der Waals surface area contributed by atoms with Crippen LogP contribution in [0.2, 0.25) is 0 Å². The highest BCUT2D eigenvalue weighted by atomic mass is 32.2. The summed E-state index contributed by atoms with van der Waals surface area (Å²) in [5.74, 6) is 1.09. The molecular formula is C21H31N5OS. The maximum absolute atomic E-state index is 12.4. The molecule has 7 heteroatoms. The van der Waals surface area contributed by atoms with Crippen molar-refractivity contribution in [3.05, 3.63) is 36.2 Å². The highest BCUT2D eigenvalue weighted by molar-refractivity contribution is 7.99. The van der Waals surface area contributed by atoms with E-state index >= 15 is 0 Å². The Kier molecular flexibility index (Phi) is 6.78. The summed E-state index contributed by atoms with van der Waals surface area (Å²) >= 11 is 1.41. The third kappa shape index (κ3) is 5.35.